The molecule has 0 unspecified atom stereocenters. The van der Waals surface area contributed by atoms with Crippen molar-refractivity contribution in [3.8, 4) is 6.07 Å². The summed E-state index contributed by atoms with van der Waals surface area (Å²) in [5.74, 6) is -0.133. The first-order valence-corrected chi connectivity index (χ1v) is 9.64. The molecule has 0 saturated carbocycles. The Morgan fingerprint density at radius 2 is 2.04 bits per heavy atom. The van der Waals surface area contributed by atoms with Crippen LogP contribution in [0.25, 0.3) is 11.1 Å². The molecule has 0 saturated heterocycles. The zero-order valence-corrected chi connectivity index (χ0v) is 15.4. The van der Waals surface area contributed by atoms with Gasteiger partial charge in [0.25, 0.3) is 5.22 Å². The van der Waals surface area contributed by atoms with Gasteiger partial charge in [-0.15, -0.1) is 0 Å². The van der Waals surface area contributed by atoms with Gasteiger partial charge in [-0.25, -0.2) is 4.98 Å². The van der Waals surface area contributed by atoms with Gasteiger partial charge in [0.05, 0.1) is 11.4 Å². The van der Waals surface area contributed by atoms with Gasteiger partial charge in [-0.2, -0.15) is 5.26 Å². The number of thioether (sulfide) groups is 2. The summed E-state index contributed by atoms with van der Waals surface area (Å²) in [7, 11) is 1.87. The molecular weight excluding hydrogens is 366 g/mol. The van der Waals surface area contributed by atoms with Crippen molar-refractivity contribution in [3.63, 3.8) is 0 Å². The summed E-state index contributed by atoms with van der Waals surface area (Å²) < 4.78 is 5.61. The van der Waals surface area contributed by atoms with Crippen LogP contribution in [-0.4, -0.2) is 23.6 Å². The minimum Gasteiger partial charge on any atom is -0.431 e. The number of rotatable bonds is 4. The SMILES string of the molecule is CN1/C(=C(\C#N)C(=O)CSc2nc3ccccc3o2)Sc2ccccc21. The van der Waals surface area contributed by atoms with Crippen molar-refractivity contribution < 1.29 is 9.21 Å². The number of oxazole rings is 1. The smallest absolute Gasteiger partial charge is 0.257 e. The Bertz CT molecular complexity index is 1050. The average Bonchev–Trinajstić information content (AvgIpc) is 3.22. The van der Waals surface area contributed by atoms with Crippen LogP contribution >= 0.6 is 23.5 Å². The number of benzene rings is 2. The first-order valence-electron chi connectivity index (χ1n) is 7.84. The lowest BCUT2D eigenvalue weighted by Gasteiger charge is -2.14. The van der Waals surface area contributed by atoms with Crippen LogP contribution < -0.4 is 4.90 Å². The Kier molecular flexibility index (Phi) is 4.45. The molecule has 0 bridgehead atoms. The third-order valence-electron chi connectivity index (χ3n) is 3.94. The van der Waals surface area contributed by atoms with Gasteiger partial charge in [0.15, 0.2) is 11.4 Å². The van der Waals surface area contributed by atoms with E-state index in [2.05, 4.69) is 11.1 Å². The van der Waals surface area contributed by atoms with Gasteiger partial charge in [-0.05, 0) is 24.3 Å². The van der Waals surface area contributed by atoms with E-state index in [-0.39, 0.29) is 17.1 Å². The summed E-state index contributed by atoms with van der Waals surface area (Å²) in [6.07, 6.45) is 0. The number of carbonyl (C=O) groups is 1. The second-order valence-corrected chi connectivity index (χ2v) is 7.54. The van der Waals surface area contributed by atoms with Gasteiger partial charge in [0, 0.05) is 11.9 Å². The summed E-state index contributed by atoms with van der Waals surface area (Å²) in [5, 5.41) is 10.6. The maximum Gasteiger partial charge on any atom is 0.257 e. The molecule has 1 aromatic heterocycles. The summed E-state index contributed by atoms with van der Waals surface area (Å²) >= 11 is 2.65. The zero-order chi connectivity index (χ0) is 18.1. The van der Waals surface area contributed by atoms with Crippen molar-refractivity contribution in [2.24, 2.45) is 0 Å². The van der Waals surface area contributed by atoms with E-state index in [4.69, 9.17) is 4.42 Å². The minimum absolute atomic E-state index is 0.101. The molecule has 26 heavy (non-hydrogen) atoms. The lowest BCUT2D eigenvalue weighted by Crippen LogP contribution is -2.16. The van der Waals surface area contributed by atoms with Crippen LogP contribution in [0.5, 0.6) is 0 Å². The van der Waals surface area contributed by atoms with Crippen LogP contribution in [0.1, 0.15) is 0 Å². The molecule has 2 heterocycles. The number of carbonyl (C=O) groups excluding carboxylic acids is 1. The lowest BCUT2D eigenvalue weighted by molar-refractivity contribution is -0.112. The summed E-state index contributed by atoms with van der Waals surface area (Å²) in [6.45, 7) is 0. The molecule has 1 aliphatic rings. The Labute approximate surface area is 158 Å². The van der Waals surface area contributed by atoms with E-state index in [0.29, 0.717) is 15.8 Å². The first-order chi connectivity index (χ1) is 12.7. The number of nitrogens with zero attached hydrogens (tertiary/aromatic N) is 3. The zero-order valence-electron chi connectivity index (χ0n) is 13.8. The highest BCUT2D eigenvalue weighted by atomic mass is 32.2. The molecule has 7 heteroatoms. The molecule has 5 nitrogen and oxygen atoms in total. The molecule has 4 rings (SSSR count). The molecule has 2 aromatic carbocycles. The largest absolute Gasteiger partial charge is 0.431 e. The van der Waals surface area contributed by atoms with Crippen molar-refractivity contribution in [1.29, 1.82) is 5.26 Å². The monoisotopic (exact) mass is 379 g/mol. The van der Waals surface area contributed by atoms with Crippen molar-refractivity contribution in [2.45, 2.75) is 10.1 Å². The van der Waals surface area contributed by atoms with E-state index in [1.54, 1.807) is 0 Å². The van der Waals surface area contributed by atoms with Crippen molar-refractivity contribution in [2.75, 3.05) is 17.7 Å². The molecular formula is C19H13N3O2S2. The number of Topliss-reactive ketones (excluding diaryl/α,β-unsaturated/α-hetero) is 1. The van der Waals surface area contributed by atoms with Crippen molar-refractivity contribution in [3.05, 3.63) is 59.1 Å². The Morgan fingerprint density at radius 3 is 2.81 bits per heavy atom. The number of anilines is 1. The van der Waals surface area contributed by atoms with Crippen LogP contribution in [0.15, 0.2) is 73.7 Å². The number of fused-ring (bicyclic) bond motifs is 2. The molecule has 0 atom stereocenters. The third-order valence-corrected chi connectivity index (χ3v) is 6.01. The summed E-state index contributed by atoms with van der Waals surface area (Å²) in [6, 6.07) is 17.4. The number of hydrogen-bond acceptors (Lipinski definition) is 7. The van der Waals surface area contributed by atoms with Gasteiger partial charge < -0.3 is 9.32 Å². The molecule has 0 spiro atoms. The van der Waals surface area contributed by atoms with Gasteiger partial charge in [-0.3, -0.25) is 4.79 Å². The van der Waals surface area contributed by atoms with Gasteiger partial charge >= 0.3 is 0 Å². The number of aromatic nitrogens is 1. The van der Waals surface area contributed by atoms with Crippen LogP contribution in [-0.2, 0) is 4.79 Å². The predicted molar refractivity (Wildman–Crippen MR) is 103 cm³/mol. The number of allylic oxidation sites excluding steroid dienone is 1. The van der Waals surface area contributed by atoms with E-state index in [9.17, 15) is 10.1 Å². The molecule has 128 valence electrons. The highest BCUT2D eigenvalue weighted by Crippen LogP contribution is 2.46. The molecule has 0 amide bonds. The third kappa shape index (κ3) is 2.98. The standard InChI is InChI=1S/C19H13N3O2S2/c1-22-14-7-3-5-9-17(14)26-18(22)12(10-20)15(23)11-25-19-21-13-6-2-4-8-16(13)24-19/h2-9H,11H2,1H3/b18-12-. The van der Waals surface area contributed by atoms with Gasteiger partial charge in [-0.1, -0.05) is 47.8 Å². The molecule has 0 aliphatic carbocycles. The lowest BCUT2D eigenvalue weighted by atomic mass is 10.2. The molecule has 3 aromatic rings. The van der Waals surface area contributed by atoms with Gasteiger partial charge in [0.2, 0.25) is 0 Å². The molecule has 0 fully saturated rings. The highest BCUT2D eigenvalue weighted by Gasteiger charge is 2.28. The van der Waals surface area contributed by atoms with Crippen LogP contribution in [0, 0.1) is 11.3 Å². The molecule has 1 aliphatic heterocycles. The second kappa shape index (κ2) is 6.90. The maximum atomic E-state index is 12.6. The normalized spacial score (nSPS) is 15.0. The molecule has 0 radical (unpaired) electrons. The van der Waals surface area contributed by atoms with Crippen LogP contribution in [0.3, 0.4) is 0 Å². The van der Waals surface area contributed by atoms with Crippen LogP contribution in [0.2, 0.25) is 0 Å². The fourth-order valence-corrected chi connectivity index (χ4v) is 4.53. The number of ketones is 1. The van der Waals surface area contributed by atoms with Crippen molar-refractivity contribution in [1.82, 2.24) is 4.98 Å². The topological polar surface area (TPSA) is 70.1 Å². The first kappa shape index (κ1) is 16.8. The van der Waals surface area contributed by atoms with E-state index < -0.39 is 0 Å². The average molecular weight is 379 g/mol. The number of hydrogen-bond donors (Lipinski definition) is 0. The van der Waals surface area contributed by atoms with E-state index in [1.165, 1.54) is 23.5 Å². The van der Waals surface area contributed by atoms with Crippen molar-refractivity contribution >= 4 is 46.1 Å². The fraction of sp³-hybridized carbons (Fsp3) is 0.105. The quantitative estimate of drug-likeness (QED) is 0.376. The maximum absolute atomic E-state index is 12.6. The van der Waals surface area contributed by atoms with E-state index in [0.717, 1.165) is 16.1 Å². The second-order valence-electron chi connectivity index (χ2n) is 5.58. The Balaban J connectivity index is 1.54. The summed E-state index contributed by atoms with van der Waals surface area (Å²) in [5.41, 5.74) is 2.60. The molecule has 0 N–H and O–H groups in total. The number of nitriles is 1. The Morgan fingerprint density at radius 1 is 1.27 bits per heavy atom. The van der Waals surface area contributed by atoms with E-state index >= 15 is 0 Å². The van der Waals surface area contributed by atoms with E-state index in [1.807, 2.05) is 60.5 Å². The fourth-order valence-electron chi connectivity index (χ4n) is 2.66. The Hall–Kier alpha value is -2.69. The van der Waals surface area contributed by atoms with Crippen LogP contribution in [0.4, 0.5) is 5.69 Å². The predicted octanol–water partition coefficient (Wildman–Crippen LogP) is 4.47. The minimum atomic E-state index is -0.234. The summed E-state index contributed by atoms with van der Waals surface area (Å²) in [4.78, 5) is 19.9. The number of para-hydroxylation sites is 3. The highest BCUT2D eigenvalue weighted by molar-refractivity contribution is 8.03. The van der Waals surface area contributed by atoms with Gasteiger partial charge in [0.1, 0.15) is 22.2 Å².